The van der Waals surface area contributed by atoms with E-state index in [1.165, 1.54) is 30.8 Å². The number of carbonyl (C=O) groups is 1. The number of rotatable bonds is 3. The molecule has 0 spiro atoms. The molecule has 92 valence electrons. The number of amides is 1. The minimum atomic E-state index is 0.0383. The van der Waals surface area contributed by atoms with E-state index >= 15 is 0 Å². The van der Waals surface area contributed by atoms with Crippen LogP contribution in [0.15, 0.2) is 30.3 Å². The minimum absolute atomic E-state index is 0.0383. The van der Waals surface area contributed by atoms with Crippen LogP contribution in [0.3, 0.4) is 0 Å². The van der Waals surface area contributed by atoms with Gasteiger partial charge in [-0.1, -0.05) is 25.1 Å². The van der Waals surface area contributed by atoms with E-state index in [0.717, 1.165) is 18.2 Å². The Morgan fingerprint density at radius 3 is 2.88 bits per heavy atom. The van der Waals surface area contributed by atoms with E-state index in [1.54, 1.807) is 0 Å². The van der Waals surface area contributed by atoms with Gasteiger partial charge in [-0.05, 0) is 25.0 Å². The van der Waals surface area contributed by atoms with E-state index in [1.807, 2.05) is 30.3 Å². The lowest BCUT2D eigenvalue weighted by Gasteiger charge is -2.27. The summed E-state index contributed by atoms with van der Waals surface area (Å²) >= 11 is 0. The highest BCUT2D eigenvalue weighted by Crippen LogP contribution is 2.04. The van der Waals surface area contributed by atoms with E-state index in [9.17, 15) is 4.79 Å². The van der Waals surface area contributed by atoms with Crippen LogP contribution in [0.4, 0.5) is 0 Å². The zero-order valence-electron chi connectivity index (χ0n) is 10.4. The third-order valence-electron chi connectivity index (χ3n) is 3.40. The smallest absolute Gasteiger partial charge is 0.255 e. The molecular formula is C14H21N2O+. The van der Waals surface area contributed by atoms with Crippen molar-refractivity contribution in [2.45, 2.75) is 19.8 Å². The Bertz CT molecular complexity index is 364. The minimum Gasteiger partial charge on any atom is -0.318 e. The van der Waals surface area contributed by atoms with Gasteiger partial charge < -0.3 is 10.2 Å². The first kappa shape index (κ1) is 12.1. The highest BCUT2D eigenvalue weighted by atomic mass is 16.1. The Balaban J connectivity index is 1.80. The van der Waals surface area contributed by atoms with Gasteiger partial charge in [0, 0.05) is 11.5 Å². The zero-order chi connectivity index (χ0) is 12.1. The normalized spacial score (nSPS) is 24.3. The van der Waals surface area contributed by atoms with Crippen LogP contribution in [-0.4, -0.2) is 25.7 Å². The first-order valence-electron chi connectivity index (χ1n) is 6.42. The Morgan fingerprint density at radius 1 is 1.41 bits per heavy atom. The van der Waals surface area contributed by atoms with E-state index < -0.39 is 0 Å². The van der Waals surface area contributed by atoms with Gasteiger partial charge in [0.05, 0.1) is 13.1 Å². The molecule has 1 aliphatic heterocycles. The van der Waals surface area contributed by atoms with Crippen molar-refractivity contribution in [1.29, 1.82) is 0 Å². The maximum atomic E-state index is 11.8. The monoisotopic (exact) mass is 233 g/mol. The van der Waals surface area contributed by atoms with Crippen molar-refractivity contribution in [2.24, 2.45) is 5.92 Å². The predicted molar refractivity (Wildman–Crippen MR) is 67.9 cm³/mol. The van der Waals surface area contributed by atoms with E-state index in [4.69, 9.17) is 0 Å². The molecule has 1 unspecified atom stereocenters. The van der Waals surface area contributed by atoms with E-state index in [0.29, 0.717) is 0 Å². The molecule has 1 aromatic rings. The first-order valence-corrected chi connectivity index (χ1v) is 6.42. The van der Waals surface area contributed by atoms with Crippen molar-refractivity contribution >= 4 is 5.91 Å². The molecule has 2 atom stereocenters. The van der Waals surface area contributed by atoms with E-state index in [2.05, 4.69) is 12.2 Å². The van der Waals surface area contributed by atoms with Crippen LogP contribution < -0.4 is 10.2 Å². The van der Waals surface area contributed by atoms with Crippen molar-refractivity contribution in [3.8, 4) is 0 Å². The summed E-state index contributed by atoms with van der Waals surface area (Å²) in [6.45, 7) is 5.39. The average molecular weight is 233 g/mol. The topological polar surface area (TPSA) is 33.5 Å². The number of hydrogen-bond acceptors (Lipinski definition) is 1. The number of piperidine rings is 1. The second kappa shape index (κ2) is 5.82. The number of nitrogens with one attached hydrogen (secondary N) is 2. The summed E-state index contributed by atoms with van der Waals surface area (Å²) in [6, 6.07) is 9.41. The molecule has 1 aliphatic rings. The van der Waals surface area contributed by atoms with E-state index in [-0.39, 0.29) is 5.91 Å². The fourth-order valence-electron chi connectivity index (χ4n) is 2.45. The van der Waals surface area contributed by atoms with Gasteiger partial charge in [-0.25, -0.2) is 0 Å². The molecule has 0 saturated carbocycles. The molecule has 0 bridgehead atoms. The molecule has 3 heteroatoms. The molecular weight excluding hydrogens is 212 g/mol. The maximum Gasteiger partial charge on any atom is 0.255 e. The quantitative estimate of drug-likeness (QED) is 0.791. The lowest BCUT2D eigenvalue weighted by atomic mass is 10.0. The van der Waals surface area contributed by atoms with Gasteiger partial charge in [0.15, 0.2) is 6.67 Å². The molecule has 17 heavy (non-hydrogen) atoms. The summed E-state index contributed by atoms with van der Waals surface area (Å²) in [7, 11) is 0. The molecule has 1 saturated heterocycles. The molecule has 2 rings (SSSR count). The Morgan fingerprint density at radius 2 is 2.18 bits per heavy atom. The van der Waals surface area contributed by atoms with Crippen molar-refractivity contribution in [3.05, 3.63) is 35.9 Å². The van der Waals surface area contributed by atoms with Crippen LogP contribution in [0, 0.1) is 5.92 Å². The van der Waals surface area contributed by atoms with Crippen LogP contribution >= 0.6 is 0 Å². The van der Waals surface area contributed by atoms with Crippen molar-refractivity contribution in [3.63, 3.8) is 0 Å². The van der Waals surface area contributed by atoms with Gasteiger partial charge in [0.25, 0.3) is 5.91 Å². The molecule has 0 radical (unpaired) electrons. The average Bonchev–Trinajstić information content (AvgIpc) is 2.37. The van der Waals surface area contributed by atoms with Crippen LogP contribution in [0.5, 0.6) is 0 Å². The van der Waals surface area contributed by atoms with Crippen molar-refractivity contribution < 1.29 is 9.69 Å². The van der Waals surface area contributed by atoms with Gasteiger partial charge in [0.1, 0.15) is 0 Å². The number of carbonyl (C=O) groups excluding carboxylic acids is 1. The van der Waals surface area contributed by atoms with Gasteiger partial charge in [-0.3, -0.25) is 4.79 Å². The van der Waals surface area contributed by atoms with Gasteiger partial charge in [-0.2, -0.15) is 0 Å². The Labute approximate surface area is 103 Å². The highest BCUT2D eigenvalue weighted by molar-refractivity contribution is 5.93. The molecule has 2 N–H and O–H groups in total. The first-order chi connectivity index (χ1) is 8.25. The zero-order valence-corrected chi connectivity index (χ0v) is 10.4. The largest absolute Gasteiger partial charge is 0.318 e. The molecule has 3 nitrogen and oxygen atoms in total. The van der Waals surface area contributed by atoms with Gasteiger partial charge in [0.2, 0.25) is 0 Å². The number of quaternary nitrogens is 1. The molecule has 1 aromatic carbocycles. The molecule has 0 aromatic heterocycles. The summed E-state index contributed by atoms with van der Waals surface area (Å²) in [5, 5.41) is 3.01. The number of likely N-dealkylation sites (tertiary alicyclic amines) is 1. The molecule has 1 amide bonds. The second-order valence-corrected chi connectivity index (χ2v) is 5.00. The summed E-state index contributed by atoms with van der Waals surface area (Å²) < 4.78 is 0. The molecule has 0 aliphatic carbocycles. The predicted octanol–water partition coefficient (Wildman–Crippen LogP) is 0.689. The van der Waals surface area contributed by atoms with Crippen LogP contribution in [0.25, 0.3) is 0 Å². The van der Waals surface area contributed by atoms with Crippen LogP contribution in [0.1, 0.15) is 30.1 Å². The standard InChI is InChI=1S/C14H20N2O/c1-12-6-5-9-16(10-12)11-15-14(17)13-7-3-2-4-8-13/h2-4,7-8,12H,5-6,9-11H2,1H3,(H,15,17)/p+1/t12-/m1/s1. The van der Waals surface area contributed by atoms with Gasteiger partial charge >= 0.3 is 0 Å². The molecule has 1 heterocycles. The number of hydrogen-bond donors (Lipinski definition) is 2. The van der Waals surface area contributed by atoms with Crippen LogP contribution in [-0.2, 0) is 0 Å². The lowest BCUT2D eigenvalue weighted by Crippen LogP contribution is -3.15. The summed E-state index contributed by atoms with van der Waals surface area (Å²) in [5.41, 5.74) is 0.747. The SMILES string of the molecule is C[C@@H]1CCC[NH+](CNC(=O)c2ccccc2)C1. The second-order valence-electron chi connectivity index (χ2n) is 5.00. The van der Waals surface area contributed by atoms with Gasteiger partial charge in [-0.15, -0.1) is 0 Å². The summed E-state index contributed by atoms with van der Waals surface area (Å²) in [6.07, 6.45) is 2.60. The fourth-order valence-corrected chi connectivity index (χ4v) is 2.45. The lowest BCUT2D eigenvalue weighted by molar-refractivity contribution is -0.910. The summed E-state index contributed by atoms with van der Waals surface area (Å²) in [5.74, 6) is 0.823. The maximum absolute atomic E-state index is 11.8. The third-order valence-corrected chi connectivity index (χ3v) is 3.40. The Kier molecular flexibility index (Phi) is 4.15. The fraction of sp³-hybridized carbons (Fsp3) is 0.500. The highest BCUT2D eigenvalue weighted by Gasteiger charge is 2.19. The number of benzene rings is 1. The summed E-state index contributed by atoms with van der Waals surface area (Å²) in [4.78, 5) is 13.3. The Hall–Kier alpha value is -1.35. The molecule has 1 fully saturated rings. The van der Waals surface area contributed by atoms with Crippen LogP contribution in [0.2, 0.25) is 0 Å². The van der Waals surface area contributed by atoms with Crippen molar-refractivity contribution in [2.75, 3.05) is 19.8 Å². The van der Waals surface area contributed by atoms with Crippen molar-refractivity contribution in [1.82, 2.24) is 5.32 Å². The third kappa shape index (κ3) is 3.56.